The lowest BCUT2D eigenvalue weighted by Gasteiger charge is -2.41. The lowest BCUT2D eigenvalue weighted by Crippen LogP contribution is -2.53. The quantitative estimate of drug-likeness (QED) is 0.715. The second-order valence-corrected chi connectivity index (χ2v) is 5.44. The first-order valence-corrected chi connectivity index (χ1v) is 6.00. The molecule has 0 spiro atoms. The third-order valence-corrected chi connectivity index (χ3v) is 4.12. The van der Waals surface area contributed by atoms with Gasteiger partial charge in [0.05, 0.1) is 0 Å². The van der Waals surface area contributed by atoms with Crippen molar-refractivity contribution < 1.29 is 9.53 Å². The number of ether oxygens (including phenoxy) is 1. The summed E-state index contributed by atoms with van der Waals surface area (Å²) in [6.45, 7) is 8.51. The molecule has 1 saturated carbocycles. The average molecular weight is 212 g/mol. The van der Waals surface area contributed by atoms with Crippen LogP contribution in [0.1, 0.15) is 53.4 Å². The van der Waals surface area contributed by atoms with Crippen molar-refractivity contribution in [1.82, 2.24) is 0 Å². The van der Waals surface area contributed by atoms with Crippen LogP contribution in [0.3, 0.4) is 0 Å². The molecule has 2 unspecified atom stereocenters. The Morgan fingerprint density at radius 2 is 2.07 bits per heavy atom. The number of rotatable bonds is 4. The molecule has 0 aromatic heterocycles. The maximum atomic E-state index is 12.3. The van der Waals surface area contributed by atoms with E-state index in [0.29, 0.717) is 18.1 Å². The van der Waals surface area contributed by atoms with Crippen LogP contribution in [0.4, 0.5) is 0 Å². The number of ketones is 1. The van der Waals surface area contributed by atoms with Gasteiger partial charge >= 0.3 is 0 Å². The summed E-state index contributed by atoms with van der Waals surface area (Å²) in [5, 5.41) is 0. The Hall–Kier alpha value is -0.370. The van der Waals surface area contributed by atoms with Gasteiger partial charge in [0.25, 0.3) is 0 Å². The minimum atomic E-state index is -0.539. The van der Waals surface area contributed by atoms with Gasteiger partial charge in [0.15, 0.2) is 5.78 Å². The molecule has 2 atom stereocenters. The molecular formula is C13H24O2. The van der Waals surface area contributed by atoms with E-state index >= 15 is 0 Å². The lowest BCUT2D eigenvalue weighted by molar-refractivity contribution is -0.160. The van der Waals surface area contributed by atoms with E-state index in [-0.39, 0.29) is 5.41 Å². The van der Waals surface area contributed by atoms with E-state index < -0.39 is 5.60 Å². The predicted molar refractivity (Wildman–Crippen MR) is 61.8 cm³/mol. The third kappa shape index (κ3) is 1.73. The number of carbonyl (C=O) groups is 1. The molecule has 1 rings (SSSR count). The van der Waals surface area contributed by atoms with Crippen LogP contribution in [0.25, 0.3) is 0 Å². The summed E-state index contributed by atoms with van der Waals surface area (Å²) in [5.74, 6) is 0.638. The van der Waals surface area contributed by atoms with Gasteiger partial charge in [-0.2, -0.15) is 0 Å². The summed E-state index contributed by atoms with van der Waals surface area (Å²) in [7, 11) is 1.69. The molecule has 0 aliphatic heterocycles. The molecule has 1 aliphatic carbocycles. The van der Waals surface area contributed by atoms with E-state index in [9.17, 15) is 4.79 Å². The summed E-state index contributed by atoms with van der Waals surface area (Å²) in [5.41, 5.74) is -0.559. The minimum absolute atomic E-state index is 0.0204. The molecule has 88 valence electrons. The van der Waals surface area contributed by atoms with Crippen LogP contribution in [-0.2, 0) is 9.53 Å². The molecular weight excluding hydrogens is 188 g/mol. The van der Waals surface area contributed by atoms with Crippen LogP contribution in [0.2, 0.25) is 0 Å². The van der Waals surface area contributed by atoms with Gasteiger partial charge < -0.3 is 4.74 Å². The van der Waals surface area contributed by atoms with Crippen molar-refractivity contribution in [2.24, 2.45) is 11.3 Å². The molecule has 2 heteroatoms. The zero-order chi connectivity index (χ0) is 11.7. The molecule has 2 nitrogen and oxygen atoms in total. The zero-order valence-electron chi connectivity index (χ0n) is 10.7. The topological polar surface area (TPSA) is 26.3 Å². The molecule has 0 heterocycles. The summed E-state index contributed by atoms with van der Waals surface area (Å²) in [6.07, 6.45) is 3.72. The van der Waals surface area contributed by atoms with Gasteiger partial charge in [-0.25, -0.2) is 0 Å². The highest BCUT2D eigenvalue weighted by atomic mass is 16.5. The summed E-state index contributed by atoms with van der Waals surface area (Å²) in [4.78, 5) is 12.3. The number of carbonyl (C=O) groups excluding carboxylic acids is 1. The van der Waals surface area contributed by atoms with Gasteiger partial charge in [-0.15, -0.1) is 0 Å². The molecule has 0 bridgehead atoms. The summed E-state index contributed by atoms with van der Waals surface area (Å²) < 4.78 is 5.69. The molecule has 0 aromatic rings. The van der Waals surface area contributed by atoms with Crippen molar-refractivity contribution >= 4 is 5.78 Å². The average Bonchev–Trinajstić information content (AvgIpc) is 2.39. The first kappa shape index (κ1) is 12.7. The summed E-state index contributed by atoms with van der Waals surface area (Å²) >= 11 is 0. The Morgan fingerprint density at radius 1 is 1.47 bits per heavy atom. The normalized spacial score (nSPS) is 34.3. The van der Waals surface area contributed by atoms with Crippen LogP contribution in [0, 0.1) is 11.3 Å². The third-order valence-electron chi connectivity index (χ3n) is 4.12. The number of hydrogen-bond donors (Lipinski definition) is 0. The summed E-state index contributed by atoms with van der Waals surface area (Å²) in [6, 6.07) is 0. The highest BCUT2D eigenvalue weighted by molar-refractivity contribution is 5.89. The Balaban J connectivity index is 3.05. The standard InChI is InChI=1S/C13H24O2/c1-6-7-11(14)13(15-5)10(2)8-9-12(13,3)4/h10H,6-9H2,1-5H3. The maximum absolute atomic E-state index is 12.3. The van der Waals surface area contributed by atoms with Crippen molar-refractivity contribution in [2.45, 2.75) is 59.0 Å². The van der Waals surface area contributed by atoms with E-state index in [4.69, 9.17) is 4.74 Å². The molecule has 0 N–H and O–H groups in total. The fourth-order valence-electron chi connectivity index (χ4n) is 3.29. The van der Waals surface area contributed by atoms with Crippen molar-refractivity contribution in [3.05, 3.63) is 0 Å². The van der Waals surface area contributed by atoms with Gasteiger partial charge in [-0.1, -0.05) is 27.7 Å². The first-order chi connectivity index (χ1) is 6.92. The maximum Gasteiger partial charge on any atom is 0.165 e. The Kier molecular flexibility index (Phi) is 3.59. The van der Waals surface area contributed by atoms with E-state index in [0.717, 1.165) is 19.3 Å². The van der Waals surface area contributed by atoms with Gasteiger partial charge in [-0.3, -0.25) is 4.79 Å². The van der Waals surface area contributed by atoms with E-state index in [2.05, 4.69) is 20.8 Å². The number of Topliss-reactive ketones (excluding diaryl/α,β-unsaturated/α-hetero) is 1. The van der Waals surface area contributed by atoms with E-state index in [1.807, 2.05) is 6.92 Å². The van der Waals surface area contributed by atoms with Crippen molar-refractivity contribution in [2.75, 3.05) is 7.11 Å². The molecule has 0 saturated heterocycles. The lowest BCUT2D eigenvalue weighted by atomic mass is 9.71. The Labute approximate surface area is 93.4 Å². The molecule has 0 radical (unpaired) electrons. The molecule has 1 aliphatic rings. The number of hydrogen-bond acceptors (Lipinski definition) is 2. The van der Waals surface area contributed by atoms with Crippen LogP contribution in [-0.4, -0.2) is 18.5 Å². The SMILES string of the molecule is CCCC(=O)C1(OC)C(C)CCC1(C)C. The zero-order valence-corrected chi connectivity index (χ0v) is 10.7. The predicted octanol–water partition coefficient (Wildman–Crippen LogP) is 3.20. The highest BCUT2D eigenvalue weighted by Gasteiger charge is 2.58. The van der Waals surface area contributed by atoms with Gasteiger partial charge in [-0.05, 0) is 25.2 Å². The van der Waals surface area contributed by atoms with Gasteiger partial charge in [0.1, 0.15) is 5.60 Å². The van der Waals surface area contributed by atoms with Crippen LogP contribution < -0.4 is 0 Å². The van der Waals surface area contributed by atoms with Gasteiger partial charge in [0.2, 0.25) is 0 Å². The largest absolute Gasteiger partial charge is 0.370 e. The Bertz CT molecular complexity index is 245. The monoisotopic (exact) mass is 212 g/mol. The fraction of sp³-hybridized carbons (Fsp3) is 0.923. The molecule has 0 amide bonds. The Morgan fingerprint density at radius 3 is 2.40 bits per heavy atom. The van der Waals surface area contributed by atoms with Crippen LogP contribution >= 0.6 is 0 Å². The second kappa shape index (κ2) is 4.25. The van der Waals surface area contributed by atoms with E-state index in [1.54, 1.807) is 7.11 Å². The van der Waals surface area contributed by atoms with Crippen molar-refractivity contribution in [1.29, 1.82) is 0 Å². The van der Waals surface area contributed by atoms with E-state index in [1.165, 1.54) is 0 Å². The van der Waals surface area contributed by atoms with Crippen molar-refractivity contribution in [3.63, 3.8) is 0 Å². The molecule has 1 fully saturated rings. The van der Waals surface area contributed by atoms with Crippen LogP contribution in [0.5, 0.6) is 0 Å². The fourth-order valence-corrected chi connectivity index (χ4v) is 3.29. The highest BCUT2D eigenvalue weighted by Crippen LogP contribution is 2.52. The molecule has 0 aromatic carbocycles. The smallest absolute Gasteiger partial charge is 0.165 e. The first-order valence-electron chi connectivity index (χ1n) is 6.00. The van der Waals surface area contributed by atoms with Crippen molar-refractivity contribution in [3.8, 4) is 0 Å². The second-order valence-electron chi connectivity index (χ2n) is 5.44. The van der Waals surface area contributed by atoms with Crippen LogP contribution in [0.15, 0.2) is 0 Å². The molecule has 15 heavy (non-hydrogen) atoms. The number of methoxy groups -OCH3 is 1. The van der Waals surface area contributed by atoms with Gasteiger partial charge in [0, 0.05) is 18.9 Å². The minimum Gasteiger partial charge on any atom is -0.370 e.